The SMILES string of the molecule is CC(C)(C)c1ccnc(-c2ccc(-c3ccccc3-c3cc(-c4ccccc4-c4ccc(-c5cc(C(C)(C)C)ccn5)cc4-n4c5ccccc5c5cc6c(cc54)C(C)(C)c4ccccc4-6)cc(-c4ccccc4-c4ccc(-c5cc(C(C)(C)C)ccn5)cc4-n4c5ccccc5c5ccc6c(c54)C(C)(C)c4ccccc4-6)c3)c(-n3c4ccccc4c4cc5c(cc43)C(C)(C)c3ccccc3-5)c2)c1. The molecule has 0 saturated carbocycles. The van der Waals surface area contributed by atoms with Crippen molar-refractivity contribution < 1.29 is 0 Å². The summed E-state index contributed by atoms with van der Waals surface area (Å²) in [6.45, 7) is 35.1. The fourth-order valence-corrected chi connectivity index (χ4v) is 23.9. The number of para-hydroxylation sites is 3. The van der Waals surface area contributed by atoms with E-state index in [4.69, 9.17) is 15.0 Å². The van der Waals surface area contributed by atoms with Crippen LogP contribution < -0.4 is 0 Å². The Hall–Kier alpha value is -15.6. The van der Waals surface area contributed by atoms with Gasteiger partial charge in [-0.25, -0.2) is 0 Å². The summed E-state index contributed by atoms with van der Waals surface area (Å²) in [5.41, 5.74) is 47.3. The molecule has 6 nitrogen and oxygen atoms in total. The highest BCUT2D eigenvalue weighted by Crippen LogP contribution is 2.58. The number of fused-ring (bicyclic) bond motifs is 19. The Labute approximate surface area is 808 Å². The second-order valence-electron chi connectivity index (χ2n) is 43.5. The summed E-state index contributed by atoms with van der Waals surface area (Å²) in [6, 6.07) is 139. The van der Waals surface area contributed by atoms with E-state index in [-0.39, 0.29) is 32.5 Å². The second-order valence-corrected chi connectivity index (χ2v) is 43.5. The molecule has 666 valence electrons. The molecule has 0 saturated heterocycles. The second kappa shape index (κ2) is 30.7. The van der Waals surface area contributed by atoms with Crippen molar-refractivity contribution in [2.45, 2.75) is 136 Å². The number of hydrogen-bond acceptors (Lipinski definition) is 3. The van der Waals surface area contributed by atoms with E-state index in [0.29, 0.717) is 0 Å². The van der Waals surface area contributed by atoms with Gasteiger partial charge in [-0.05, 0) is 265 Å². The van der Waals surface area contributed by atoms with Crippen LogP contribution in [0.4, 0.5) is 0 Å². The fraction of sp³-hybridized carbons (Fsp3) is 0.159. The van der Waals surface area contributed by atoms with Gasteiger partial charge in [0, 0.05) is 101 Å². The van der Waals surface area contributed by atoms with Crippen LogP contribution in [-0.2, 0) is 32.5 Å². The Balaban J connectivity index is 0.766. The molecule has 6 aromatic heterocycles. The third kappa shape index (κ3) is 13.0. The van der Waals surface area contributed by atoms with Gasteiger partial charge in [0.25, 0.3) is 0 Å². The molecule has 0 bridgehead atoms. The molecule has 16 aromatic carbocycles. The lowest BCUT2D eigenvalue weighted by Crippen LogP contribution is -2.16. The van der Waals surface area contributed by atoms with Crippen LogP contribution in [-0.4, -0.2) is 28.7 Å². The van der Waals surface area contributed by atoms with Gasteiger partial charge in [-0.15, -0.1) is 0 Å². The van der Waals surface area contributed by atoms with Gasteiger partial charge in [-0.3, -0.25) is 15.0 Å². The van der Waals surface area contributed by atoms with E-state index >= 15 is 0 Å². The summed E-state index contributed by atoms with van der Waals surface area (Å²) in [7, 11) is 0. The predicted molar refractivity (Wildman–Crippen MR) is 581 cm³/mol. The van der Waals surface area contributed by atoms with Crippen LogP contribution in [0.2, 0.25) is 0 Å². The highest BCUT2D eigenvalue weighted by molar-refractivity contribution is 6.17. The molecular weight excluding hydrogens is 1670 g/mol. The lowest BCUT2D eigenvalue weighted by molar-refractivity contribution is 0.589. The normalized spacial score (nSPS) is 13.9. The molecule has 6 heteroatoms. The van der Waals surface area contributed by atoms with Crippen molar-refractivity contribution in [3.05, 3.63) is 433 Å². The number of pyridine rings is 3. The summed E-state index contributed by atoms with van der Waals surface area (Å²) < 4.78 is 7.79. The Morgan fingerprint density at radius 3 is 0.862 bits per heavy atom. The Bertz CT molecular complexity index is 8580. The Kier molecular flexibility index (Phi) is 18.7. The summed E-state index contributed by atoms with van der Waals surface area (Å²) in [5.74, 6) is 0. The van der Waals surface area contributed by atoms with Gasteiger partial charge in [-0.1, -0.05) is 353 Å². The average Bonchev–Trinajstić information content (AvgIpc) is 1.54. The van der Waals surface area contributed by atoms with Crippen molar-refractivity contribution in [2.24, 2.45) is 0 Å². The largest absolute Gasteiger partial charge is 0.309 e. The first-order valence-corrected chi connectivity index (χ1v) is 48.9. The molecule has 0 aliphatic heterocycles. The zero-order valence-corrected chi connectivity index (χ0v) is 81.1. The van der Waals surface area contributed by atoms with E-state index < -0.39 is 0 Å². The minimum Gasteiger partial charge on any atom is -0.309 e. The average molecular weight is 1780 g/mol. The maximum absolute atomic E-state index is 5.26. The maximum Gasteiger partial charge on any atom is 0.0705 e. The van der Waals surface area contributed by atoms with Crippen molar-refractivity contribution in [2.75, 3.05) is 0 Å². The minimum absolute atomic E-state index is 0.116. The fourth-order valence-electron chi connectivity index (χ4n) is 23.9. The van der Waals surface area contributed by atoms with Gasteiger partial charge in [0.2, 0.25) is 0 Å². The van der Waals surface area contributed by atoms with Crippen molar-refractivity contribution >= 4 is 65.4 Å². The standard InChI is InChI=1S/C132H108N6/c1-127(2,3)85-60-63-133-114(72-85)79-52-55-100(120(69-79)136-117-49-31-26-44-98(117)107-75-105-95-41-23-28-46-109(95)130(10,11)112(105)77-123(107)136)91-37-19-16-34-88(91)82-66-83(89-35-17-20-38-92(89)101-56-53-80(115-73-86(61-64-134-115)128(4,5)6)70-121(101)137-118-50-32-27-45-99(118)108-76-106-96-42-24-29-47-110(96)131(12,13)113(106)78-124(108)137)68-84(67-82)90-36-18-21-39-93(90)102-57-54-81(116-74-87(62-65-135-116)129(7,8)9)71-122(102)138-119-51-33-25-43-97(119)104-59-58-103-94-40-22-30-48-111(94)132(14,15)125(103)126(104)138/h16-78H,1-15H3. The van der Waals surface area contributed by atoms with Gasteiger partial charge in [0.1, 0.15) is 0 Å². The molecule has 0 radical (unpaired) electrons. The van der Waals surface area contributed by atoms with Crippen LogP contribution in [0.25, 0.3) is 216 Å². The van der Waals surface area contributed by atoms with Gasteiger partial charge < -0.3 is 13.7 Å². The summed E-state index contributed by atoms with van der Waals surface area (Å²) >= 11 is 0. The monoisotopic (exact) mass is 1780 g/mol. The molecule has 25 rings (SSSR count). The van der Waals surface area contributed by atoms with Crippen LogP contribution in [0.5, 0.6) is 0 Å². The molecule has 0 unspecified atom stereocenters. The minimum atomic E-state index is -0.350. The first-order chi connectivity index (χ1) is 66.6. The summed E-state index contributed by atoms with van der Waals surface area (Å²) in [5, 5.41) is 7.25. The molecule has 138 heavy (non-hydrogen) atoms. The molecule has 3 aliphatic rings. The first-order valence-electron chi connectivity index (χ1n) is 48.9. The highest BCUT2D eigenvalue weighted by Gasteiger charge is 2.42. The number of hydrogen-bond donors (Lipinski definition) is 0. The Morgan fingerprint density at radius 1 is 0.196 bits per heavy atom. The Morgan fingerprint density at radius 2 is 0.493 bits per heavy atom. The first kappa shape index (κ1) is 84.1. The van der Waals surface area contributed by atoms with E-state index in [0.717, 1.165) is 145 Å². The van der Waals surface area contributed by atoms with Crippen LogP contribution >= 0.6 is 0 Å². The predicted octanol–water partition coefficient (Wildman–Crippen LogP) is 35.0. The van der Waals surface area contributed by atoms with Crippen LogP contribution in [0.1, 0.15) is 154 Å². The van der Waals surface area contributed by atoms with Crippen LogP contribution in [0.3, 0.4) is 0 Å². The molecule has 6 heterocycles. The van der Waals surface area contributed by atoms with Crippen LogP contribution in [0.15, 0.2) is 383 Å². The lowest BCUT2D eigenvalue weighted by atomic mass is 9.81. The smallest absolute Gasteiger partial charge is 0.0705 e. The lowest BCUT2D eigenvalue weighted by Gasteiger charge is -2.25. The van der Waals surface area contributed by atoms with E-state index in [1.807, 2.05) is 18.6 Å². The van der Waals surface area contributed by atoms with E-state index in [1.165, 1.54) is 121 Å². The number of benzene rings is 16. The molecular formula is C132H108N6. The third-order valence-electron chi connectivity index (χ3n) is 31.1. The topological polar surface area (TPSA) is 53.5 Å². The van der Waals surface area contributed by atoms with Crippen molar-refractivity contribution in [1.29, 1.82) is 0 Å². The van der Waals surface area contributed by atoms with E-state index in [2.05, 4.69) is 482 Å². The quantitative estimate of drug-likeness (QED) is 0.122. The molecule has 0 atom stereocenters. The number of rotatable bonds is 12. The van der Waals surface area contributed by atoms with Gasteiger partial charge >= 0.3 is 0 Å². The third-order valence-corrected chi connectivity index (χ3v) is 31.1. The van der Waals surface area contributed by atoms with Crippen LogP contribution in [0, 0.1) is 0 Å². The highest BCUT2D eigenvalue weighted by atomic mass is 15.0. The van der Waals surface area contributed by atoms with Gasteiger partial charge in [0.15, 0.2) is 0 Å². The maximum atomic E-state index is 5.26. The van der Waals surface area contributed by atoms with Gasteiger partial charge in [0.05, 0.1) is 67.2 Å². The van der Waals surface area contributed by atoms with Crippen molar-refractivity contribution in [1.82, 2.24) is 28.7 Å². The molecule has 0 fully saturated rings. The molecule has 0 spiro atoms. The molecule has 3 aliphatic carbocycles. The van der Waals surface area contributed by atoms with Gasteiger partial charge in [-0.2, -0.15) is 0 Å². The molecule has 0 N–H and O–H groups in total. The van der Waals surface area contributed by atoms with E-state index in [9.17, 15) is 0 Å². The zero-order valence-electron chi connectivity index (χ0n) is 81.1. The van der Waals surface area contributed by atoms with Crippen molar-refractivity contribution in [3.8, 4) is 151 Å². The zero-order chi connectivity index (χ0) is 94.1. The van der Waals surface area contributed by atoms with Crippen molar-refractivity contribution in [3.63, 3.8) is 0 Å². The number of nitrogens with zero attached hydrogens (tertiary/aromatic N) is 6. The molecule has 22 aromatic rings. The summed E-state index contributed by atoms with van der Waals surface area (Å²) in [4.78, 5) is 15.8. The number of aromatic nitrogens is 6. The molecule has 0 amide bonds. The summed E-state index contributed by atoms with van der Waals surface area (Å²) in [6.07, 6.45) is 5.99. The van der Waals surface area contributed by atoms with E-state index in [1.54, 1.807) is 0 Å².